The van der Waals surface area contributed by atoms with Crippen LogP contribution in [0.5, 0.6) is 11.5 Å². The van der Waals surface area contributed by atoms with Crippen molar-refractivity contribution >= 4 is 5.78 Å². The number of benzene rings is 1. The predicted octanol–water partition coefficient (Wildman–Crippen LogP) is 1.52. The average Bonchev–Trinajstić information content (AvgIpc) is 2.78. The minimum atomic E-state index is -0.0138. The van der Waals surface area contributed by atoms with Gasteiger partial charge in [0.25, 0.3) is 5.82 Å². The maximum absolute atomic E-state index is 12.5. The van der Waals surface area contributed by atoms with E-state index in [1.54, 1.807) is 32.4 Å². The van der Waals surface area contributed by atoms with Crippen molar-refractivity contribution in [1.82, 2.24) is 4.57 Å². The number of aryl methyl sites for hydroxylation is 1. The van der Waals surface area contributed by atoms with Gasteiger partial charge in [0.15, 0.2) is 6.54 Å². The molecule has 0 amide bonds. The minimum absolute atomic E-state index is 0.0138. The normalized spacial score (nSPS) is 10.4. The topological polar surface area (TPSA) is 44.3 Å². The lowest BCUT2D eigenvalue weighted by atomic mass is 10.1. The molecule has 1 aromatic heterocycles. The van der Waals surface area contributed by atoms with Crippen LogP contribution in [-0.2, 0) is 13.6 Å². The number of carbonyl (C=O) groups is 1. The van der Waals surface area contributed by atoms with Crippen molar-refractivity contribution in [1.29, 1.82) is 0 Å². The van der Waals surface area contributed by atoms with Crippen molar-refractivity contribution in [2.45, 2.75) is 13.5 Å². The largest absolute Gasteiger partial charge is 0.497 e. The zero-order valence-corrected chi connectivity index (χ0v) is 12.2. The molecule has 0 aliphatic heterocycles. The predicted molar refractivity (Wildman–Crippen MR) is 74.2 cm³/mol. The van der Waals surface area contributed by atoms with Crippen LogP contribution in [0.3, 0.4) is 0 Å². The quantitative estimate of drug-likeness (QED) is 0.614. The van der Waals surface area contributed by atoms with Gasteiger partial charge in [0.1, 0.15) is 23.9 Å². The number of methoxy groups -OCH3 is 2. The van der Waals surface area contributed by atoms with Gasteiger partial charge in [-0.25, -0.2) is 9.13 Å². The fourth-order valence-corrected chi connectivity index (χ4v) is 2.04. The number of ether oxygens (including phenoxy) is 2. The van der Waals surface area contributed by atoms with E-state index in [1.807, 2.05) is 35.5 Å². The molecule has 0 saturated carbocycles. The Hall–Kier alpha value is -2.30. The summed E-state index contributed by atoms with van der Waals surface area (Å²) in [6.07, 6.45) is 3.81. The third-order valence-electron chi connectivity index (χ3n) is 3.42. The Morgan fingerprint density at radius 1 is 1.30 bits per heavy atom. The van der Waals surface area contributed by atoms with Gasteiger partial charge in [0, 0.05) is 6.92 Å². The molecule has 0 atom stereocenters. The SMILES string of the molecule is COc1ccc(OC)c(C(=O)Cn2cc[n+](C)c2C)c1. The van der Waals surface area contributed by atoms with E-state index < -0.39 is 0 Å². The zero-order valence-electron chi connectivity index (χ0n) is 12.2. The monoisotopic (exact) mass is 275 g/mol. The molecule has 5 heteroatoms. The molecule has 2 aromatic rings. The van der Waals surface area contributed by atoms with Crippen LogP contribution in [0.4, 0.5) is 0 Å². The minimum Gasteiger partial charge on any atom is -0.497 e. The molecular formula is C15H19N2O3+. The summed E-state index contributed by atoms with van der Waals surface area (Å²) >= 11 is 0. The number of ketones is 1. The molecule has 0 aliphatic rings. The van der Waals surface area contributed by atoms with E-state index in [9.17, 15) is 4.79 Å². The summed E-state index contributed by atoms with van der Waals surface area (Å²) in [6, 6.07) is 5.23. The third-order valence-corrected chi connectivity index (χ3v) is 3.42. The van der Waals surface area contributed by atoms with Crippen LogP contribution < -0.4 is 14.0 Å². The van der Waals surface area contributed by atoms with Gasteiger partial charge in [-0.05, 0) is 18.2 Å². The van der Waals surface area contributed by atoms with Crippen LogP contribution >= 0.6 is 0 Å². The van der Waals surface area contributed by atoms with Crippen molar-refractivity contribution in [3.63, 3.8) is 0 Å². The first-order chi connectivity index (χ1) is 9.56. The summed E-state index contributed by atoms with van der Waals surface area (Å²) in [5.74, 6) is 2.20. The molecule has 0 bridgehead atoms. The van der Waals surface area contributed by atoms with Gasteiger partial charge in [0.2, 0.25) is 5.78 Å². The van der Waals surface area contributed by atoms with Crippen molar-refractivity contribution in [3.05, 3.63) is 42.0 Å². The standard InChI is InChI=1S/C15H19N2O3/c1-11-16(2)7-8-17(11)10-14(18)13-9-12(19-3)5-6-15(13)20-4/h5-9H,10H2,1-4H3/q+1. The third kappa shape index (κ3) is 2.66. The number of imidazole rings is 1. The van der Waals surface area contributed by atoms with E-state index in [2.05, 4.69) is 0 Å². The van der Waals surface area contributed by atoms with Crippen LogP contribution in [0.25, 0.3) is 0 Å². The summed E-state index contributed by atoms with van der Waals surface area (Å²) in [4.78, 5) is 12.5. The van der Waals surface area contributed by atoms with Gasteiger partial charge < -0.3 is 9.47 Å². The van der Waals surface area contributed by atoms with E-state index in [4.69, 9.17) is 9.47 Å². The Kier molecular flexibility index (Phi) is 4.08. The highest BCUT2D eigenvalue weighted by Crippen LogP contribution is 2.24. The molecule has 2 rings (SSSR count). The molecule has 106 valence electrons. The highest BCUT2D eigenvalue weighted by molar-refractivity contribution is 5.99. The van der Waals surface area contributed by atoms with Crippen molar-refractivity contribution in [2.24, 2.45) is 7.05 Å². The maximum atomic E-state index is 12.5. The molecule has 0 unspecified atom stereocenters. The van der Waals surface area contributed by atoms with Crippen LogP contribution in [0, 0.1) is 6.92 Å². The van der Waals surface area contributed by atoms with Gasteiger partial charge in [-0.3, -0.25) is 4.79 Å². The van der Waals surface area contributed by atoms with E-state index in [0.29, 0.717) is 17.1 Å². The molecule has 0 saturated heterocycles. The lowest BCUT2D eigenvalue weighted by Gasteiger charge is -2.09. The molecule has 1 aromatic carbocycles. The Balaban J connectivity index is 2.30. The van der Waals surface area contributed by atoms with Gasteiger partial charge in [-0.1, -0.05) is 0 Å². The summed E-state index contributed by atoms with van der Waals surface area (Å²) in [7, 11) is 5.08. The van der Waals surface area contributed by atoms with Crippen LogP contribution in [0.15, 0.2) is 30.6 Å². The van der Waals surface area contributed by atoms with Gasteiger partial charge in [-0.2, -0.15) is 0 Å². The van der Waals surface area contributed by atoms with Crippen LogP contribution in [0.2, 0.25) is 0 Å². The van der Waals surface area contributed by atoms with Crippen molar-refractivity contribution < 1.29 is 18.8 Å². The fourth-order valence-electron chi connectivity index (χ4n) is 2.04. The number of carbonyl (C=O) groups excluding carboxylic acids is 1. The Labute approximate surface area is 118 Å². The van der Waals surface area contributed by atoms with E-state index in [0.717, 1.165) is 5.82 Å². The lowest BCUT2D eigenvalue weighted by Crippen LogP contribution is -2.30. The molecule has 0 radical (unpaired) electrons. The van der Waals surface area contributed by atoms with E-state index in [-0.39, 0.29) is 12.3 Å². The number of rotatable bonds is 5. The first kappa shape index (κ1) is 14.1. The van der Waals surface area contributed by atoms with E-state index in [1.165, 1.54) is 0 Å². The number of hydrogen-bond donors (Lipinski definition) is 0. The van der Waals surface area contributed by atoms with Gasteiger partial charge in [0.05, 0.1) is 26.8 Å². The van der Waals surface area contributed by atoms with Gasteiger partial charge >= 0.3 is 0 Å². The Morgan fingerprint density at radius 3 is 2.60 bits per heavy atom. The number of aromatic nitrogens is 2. The van der Waals surface area contributed by atoms with Gasteiger partial charge in [-0.15, -0.1) is 0 Å². The Bertz CT molecular complexity index is 632. The highest BCUT2D eigenvalue weighted by Gasteiger charge is 2.18. The molecule has 0 aliphatic carbocycles. The molecule has 1 heterocycles. The number of Topliss-reactive ketones (excluding diaryl/α,β-unsaturated/α-hetero) is 1. The van der Waals surface area contributed by atoms with E-state index >= 15 is 0 Å². The molecular weight excluding hydrogens is 256 g/mol. The lowest BCUT2D eigenvalue weighted by molar-refractivity contribution is -0.677. The first-order valence-corrected chi connectivity index (χ1v) is 6.33. The first-order valence-electron chi connectivity index (χ1n) is 6.33. The summed E-state index contributed by atoms with van der Waals surface area (Å²) in [6.45, 7) is 2.24. The molecule has 0 spiro atoms. The summed E-state index contributed by atoms with van der Waals surface area (Å²) in [5.41, 5.74) is 0.530. The summed E-state index contributed by atoms with van der Waals surface area (Å²) in [5, 5.41) is 0. The second kappa shape index (κ2) is 5.77. The van der Waals surface area contributed by atoms with Crippen LogP contribution in [-0.4, -0.2) is 24.6 Å². The molecule has 20 heavy (non-hydrogen) atoms. The molecule has 0 N–H and O–H groups in total. The van der Waals surface area contributed by atoms with Crippen molar-refractivity contribution in [2.75, 3.05) is 14.2 Å². The molecule has 0 fully saturated rings. The number of nitrogens with zero attached hydrogens (tertiary/aromatic N) is 2. The number of hydrogen-bond acceptors (Lipinski definition) is 3. The average molecular weight is 275 g/mol. The highest BCUT2D eigenvalue weighted by atomic mass is 16.5. The molecule has 5 nitrogen and oxygen atoms in total. The smallest absolute Gasteiger partial charge is 0.253 e. The fraction of sp³-hybridized carbons (Fsp3) is 0.333. The second-order valence-corrected chi connectivity index (χ2v) is 4.57. The van der Waals surface area contributed by atoms with Crippen molar-refractivity contribution in [3.8, 4) is 11.5 Å². The summed E-state index contributed by atoms with van der Waals surface area (Å²) < 4.78 is 14.3. The Morgan fingerprint density at radius 2 is 2.05 bits per heavy atom. The van der Waals surface area contributed by atoms with Crippen LogP contribution in [0.1, 0.15) is 16.2 Å². The second-order valence-electron chi connectivity index (χ2n) is 4.57. The maximum Gasteiger partial charge on any atom is 0.253 e. The zero-order chi connectivity index (χ0) is 14.7.